The van der Waals surface area contributed by atoms with Gasteiger partial charge in [0.1, 0.15) is 12.4 Å². The lowest BCUT2D eigenvalue weighted by Gasteiger charge is -2.06. The zero-order valence-electron chi connectivity index (χ0n) is 10.7. The van der Waals surface area contributed by atoms with E-state index in [1.165, 1.54) is 23.6 Å². The van der Waals surface area contributed by atoms with Crippen molar-refractivity contribution in [3.8, 4) is 17.6 Å². The van der Waals surface area contributed by atoms with Gasteiger partial charge in [-0.2, -0.15) is 0 Å². The van der Waals surface area contributed by atoms with Gasteiger partial charge in [-0.3, -0.25) is 10.1 Å². The Kier molecular flexibility index (Phi) is 4.35. The third-order valence-corrected chi connectivity index (χ3v) is 3.39. The van der Waals surface area contributed by atoms with Crippen molar-refractivity contribution >= 4 is 22.4 Å². The van der Waals surface area contributed by atoms with Crippen LogP contribution in [0.3, 0.4) is 0 Å². The third kappa shape index (κ3) is 3.15. The maximum atomic E-state index is 12.1. The van der Waals surface area contributed by atoms with Crippen LogP contribution in [0.15, 0.2) is 24.4 Å². The molecule has 20 heavy (non-hydrogen) atoms. The molecule has 0 aliphatic rings. The summed E-state index contributed by atoms with van der Waals surface area (Å²) in [5, 5.41) is 21.3. The van der Waals surface area contributed by atoms with E-state index in [4.69, 9.17) is 5.11 Å². The number of aliphatic hydroxyl groups excluding tert-OH is 1. The monoisotopic (exact) mass is 288 g/mol. The molecule has 0 aliphatic carbocycles. The number of phenols is 1. The smallest absolute Gasteiger partial charge is 0.257 e. The number of nitrogens with one attached hydrogen (secondary N) is 1. The van der Waals surface area contributed by atoms with Crippen molar-refractivity contribution in [2.75, 3.05) is 11.9 Å². The molecule has 0 saturated heterocycles. The van der Waals surface area contributed by atoms with E-state index in [2.05, 4.69) is 22.1 Å². The van der Waals surface area contributed by atoms with Crippen LogP contribution in [0.1, 0.15) is 20.8 Å². The highest BCUT2D eigenvalue weighted by atomic mass is 32.1. The van der Waals surface area contributed by atoms with Gasteiger partial charge in [0, 0.05) is 11.1 Å². The topological polar surface area (TPSA) is 82.5 Å². The van der Waals surface area contributed by atoms with Crippen molar-refractivity contribution in [3.05, 3.63) is 40.4 Å². The SMILES string of the molecule is Cc1c(O)cccc1C(=O)Nc1ncc(C#CCO)s1. The zero-order valence-corrected chi connectivity index (χ0v) is 11.5. The molecule has 0 unspecified atom stereocenters. The van der Waals surface area contributed by atoms with Gasteiger partial charge in [0.25, 0.3) is 5.91 Å². The summed E-state index contributed by atoms with van der Waals surface area (Å²) in [5.74, 6) is 4.96. The highest BCUT2D eigenvalue weighted by Crippen LogP contribution is 2.22. The van der Waals surface area contributed by atoms with Crippen LogP contribution in [-0.2, 0) is 0 Å². The molecule has 1 amide bonds. The molecular formula is C14H12N2O3S. The molecule has 2 aromatic rings. The van der Waals surface area contributed by atoms with Gasteiger partial charge >= 0.3 is 0 Å². The number of anilines is 1. The molecule has 1 heterocycles. The number of aromatic nitrogens is 1. The molecule has 0 atom stereocenters. The highest BCUT2D eigenvalue weighted by Gasteiger charge is 2.13. The summed E-state index contributed by atoms with van der Waals surface area (Å²) in [4.78, 5) is 16.8. The maximum absolute atomic E-state index is 12.1. The minimum atomic E-state index is -0.339. The number of carbonyl (C=O) groups is 1. The van der Waals surface area contributed by atoms with E-state index in [1.54, 1.807) is 19.1 Å². The van der Waals surface area contributed by atoms with Crippen LogP contribution in [0.25, 0.3) is 0 Å². The van der Waals surface area contributed by atoms with Crippen molar-refractivity contribution in [1.29, 1.82) is 0 Å². The Hall–Kier alpha value is -2.36. The minimum absolute atomic E-state index is 0.0753. The first kappa shape index (κ1) is 14.1. The number of aliphatic hydroxyl groups is 1. The number of carbonyl (C=O) groups excluding carboxylic acids is 1. The van der Waals surface area contributed by atoms with Gasteiger partial charge in [0.15, 0.2) is 5.13 Å². The number of benzene rings is 1. The first-order valence-electron chi connectivity index (χ1n) is 5.77. The summed E-state index contributed by atoms with van der Waals surface area (Å²) in [7, 11) is 0. The quantitative estimate of drug-likeness (QED) is 0.735. The van der Waals surface area contributed by atoms with E-state index in [1.807, 2.05) is 0 Å². The van der Waals surface area contributed by atoms with Crippen molar-refractivity contribution in [2.45, 2.75) is 6.92 Å². The minimum Gasteiger partial charge on any atom is -0.508 e. The largest absolute Gasteiger partial charge is 0.508 e. The van der Waals surface area contributed by atoms with Gasteiger partial charge in [-0.25, -0.2) is 4.98 Å². The van der Waals surface area contributed by atoms with Gasteiger partial charge in [0.2, 0.25) is 0 Å². The second kappa shape index (κ2) is 6.19. The maximum Gasteiger partial charge on any atom is 0.257 e. The van der Waals surface area contributed by atoms with Crippen molar-refractivity contribution in [3.63, 3.8) is 0 Å². The number of amides is 1. The zero-order chi connectivity index (χ0) is 14.5. The molecule has 3 N–H and O–H groups in total. The number of hydrogen-bond donors (Lipinski definition) is 3. The van der Waals surface area contributed by atoms with Gasteiger partial charge in [-0.1, -0.05) is 29.2 Å². The normalized spacial score (nSPS) is 9.70. The van der Waals surface area contributed by atoms with Crippen molar-refractivity contribution in [1.82, 2.24) is 4.98 Å². The Labute approximate surface area is 119 Å². The summed E-state index contributed by atoms with van der Waals surface area (Å²) in [5.41, 5.74) is 0.907. The van der Waals surface area contributed by atoms with Gasteiger partial charge in [-0.15, -0.1) is 0 Å². The molecule has 2 rings (SSSR count). The molecule has 1 aromatic heterocycles. The van der Waals surface area contributed by atoms with Crippen LogP contribution in [0.5, 0.6) is 5.75 Å². The average Bonchev–Trinajstić information content (AvgIpc) is 2.87. The molecule has 0 bridgehead atoms. The number of phenolic OH excluding ortho intramolecular Hbond substituents is 1. The Morgan fingerprint density at radius 1 is 1.50 bits per heavy atom. The lowest BCUT2D eigenvalue weighted by atomic mass is 10.1. The second-order valence-corrected chi connectivity index (χ2v) is 4.92. The van der Waals surface area contributed by atoms with Crippen LogP contribution in [0, 0.1) is 18.8 Å². The van der Waals surface area contributed by atoms with Crippen LogP contribution in [-0.4, -0.2) is 27.7 Å². The fourth-order valence-corrected chi connectivity index (χ4v) is 2.24. The molecule has 1 aromatic carbocycles. The van der Waals surface area contributed by atoms with E-state index in [9.17, 15) is 9.90 Å². The Bertz CT molecular complexity index is 698. The number of hydrogen-bond acceptors (Lipinski definition) is 5. The second-order valence-electron chi connectivity index (χ2n) is 3.89. The predicted molar refractivity (Wildman–Crippen MR) is 76.9 cm³/mol. The predicted octanol–water partition coefficient (Wildman–Crippen LogP) is 1.75. The molecule has 5 nitrogen and oxygen atoms in total. The summed E-state index contributed by atoms with van der Waals surface area (Å²) in [6.45, 7) is 1.45. The summed E-state index contributed by atoms with van der Waals surface area (Å²) >= 11 is 1.22. The van der Waals surface area contributed by atoms with E-state index in [0.29, 0.717) is 21.1 Å². The fourth-order valence-electron chi connectivity index (χ4n) is 1.55. The summed E-state index contributed by atoms with van der Waals surface area (Å²) in [6, 6.07) is 4.76. The van der Waals surface area contributed by atoms with Gasteiger partial charge in [-0.05, 0) is 19.1 Å². The number of thiazole rings is 1. The molecule has 0 fully saturated rings. The lowest BCUT2D eigenvalue weighted by molar-refractivity contribution is 0.102. The number of rotatable bonds is 2. The molecule has 0 saturated carbocycles. The van der Waals surface area contributed by atoms with E-state index >= 15 is 0 Å². The van der Waals surface area contributed by atoms with E-state index in [0.717, 1.165) is 0 Å². The van der Waals surface area contributed by atoms with Crippen molar-refractivity contribution < 1.29 is 15.0 Å². The number of nitrogens with zero attached hydrogens (tertiary/aromatic N) is 1. The van der Waals surface area contributed by atoms with Crippen LogP contribution in [0.4, 0.5) is 5.13 Å². The van der Waals surface area contributed by atoms with Gasteiger partial charge < -0.3 is 10.2 Å². The average molecular weight is 288 g/mol. The van der Waals surface area contributed by atoms with Crippen LogP contribution >= 0.6 is 11.3 Å². The molecule has 0 radical (unpaired) electrons. The molecule has 102 valence electrons. The first-order valence-corrected chi connectivity index (χ1v) is 6.59. The summed E-state index contributed by atoms with van der Waals surface area (Å²) in [6.07, 6.45) is 1.53. The summed E-state index contributed by atoms with van der Waals surface area (Å²) < 4.78 is 0. The van der Waals surface area contributed by atoms with E-state index in [-0.39, 0.29) is 18.3 Å². The number of aromatic hydroxyl groups is 1. The standard InChI is InChI=1S/C14H12N2O3S/c1-9-11(5-2-6-12(9)18)13(19)16-14-15-8-10(20-14)4-3-7-17/h2,5-6,8,17-18H,7H2,1H3,(H,15,16,19). The fraction of sp³-hybridized carbons (Fsp3) is 0.143. The Balaban J connectivity index is 2.15. The van der Waals surface area contributed by atoms with Gasteiger partial charge in [0.05, 0.1) is 11.1 Å². The van der Waals surface area contributed by atoms with Crippen LogP contribution < -0.4 is 5.32 Å². The Morgan fingerprint density at radius 2 is 2.30 bits per heavy atom. The molecule has 6 heteroatoms. The van der Waals surface area contributed by atoms with Crippen molar-refractivity contribution in [2.24, 2.45) is 0 Å². The molecular weight excluding hydrogens is 276 g/mol. The molecule has 0 spiro atoms. The highest BCUT2D eigenvalue weighted by molar-refractivity contribution is 7.16. The third-order valence-electron chi connectivity index (χ3n) is 2.57. The first-order chi connectivity index (χ1) is 9.61. The Morgan fingerprint density at radius 3 is 3.05 bits per heavy atom. The lowest BCUT2D eigenvalue weighted by Crippen LogP contribution is -2.13. The van der Waals surface area contributed by atoms with Crippen LogP contribution in [0.2, 0.25) is 0 Å². The van der Waals surface area contributed by atoms with E-state index < -0.39 is 0 Å². The molecule has 0 aliphatic heterocycles.